The number of rotatable bonds is 8. The Balaban J connectivity index is 0.00000363. The first kappa shape index (κ1) is 26.7. The topological polar surface area (TPSA) is 69.2 Å². The lowest BCUT2D eigenvalue weighted by atomic mass is 10.0. The fourth-order valence-electron chi connectivity index (χ4n) is 4.65. The number of likely N-dealkylation sites (tertiary alicyclic amines) is 2. The van der Waals surface area contributed by atoms with Gasteiger partial charge in [-0.2, -0.15) is 0 Å². The summed E-state index contributed by atoms with van der Waals surface area (Å²) < 4.78 is 5.31. The monoisotopic (exact) mass is 557 g/mol. The van der Waals surface area contributed by atoms with Crippen molar-refractivity contribution in [1.82, 2.24) is 20.4 Å². The van der Waals surface area contributed by atoms with Gasteiger partial charge in [-0.05, 0) is 69.8 Å². The molecule has 8 heteroatoms. The number of hydrogen-bond donors (Lipinski definition) is 2. The quantitative estimate of drug-likeness (QED) is 0.292. The highest BCUT2D eigenvalue weighted by Gasteiger charge is 2.24. The predicted molar refractivity (Wildman–Crippen MR) is 141 cm³/mol. The van der Waals surface area contributed by atoms with Gasteiger partial charge < -0.3 is 20.3 Å². The lowest BCUT2D eigenvalue weighted by Crippen LogP contribution is -2.45. The van der Waals surface area contributed by atoms with E-state index in [1.807, 2.05) is 17.0 Å². The summed E-state index contributed by atoms with van der Waals surface area (Å²) in [6.07, 6.45) is 6.46. The minimum atomic E-state index is 0. The van der Waals surface area contributed by atoms with Gasteiger partial charge >= 0.3 is 0 Å². The van der Waals surface area contributed by atoms with Crippen LogP contribution >= 0.6 is 24.0 Å². The first-order valence-corrected chi connectivity index (χ1v) is 11.7. The highest BCUT2D eigenvalue weighted by Crippen LogP contribution is 2.26. The Bertz CT molecular complexity index is 722. The number of methoxy groups -OCH3 is 1. The second kappa shape index (κ2) is 13.9. The maximum atomic E-state index is 12.6. The minimum absolute atomic E-state index is 0. The van der Waals surface area contributed by atoms with Gasteiger partial charge in [-0.3, -0.25) is 14.7 Å². The number of halogens is 1. The minimum Gasteiger partial charge on any atom is -0.497 e. The van der Waals surface area contributed by atoms with Crippen LogP contribution in [0.25, 0.3) is 0 Å². The summed E-state index contributed by atoms with van der Waals surface area (Å²) in [5.41, 5.74) is 1.28. The number of carbonyl (C=O) groups is 1. The zero-order valence-electron chi connectivity index (χ0n) is 19.8. The Morgan fingerprint density at radius 2 is 1.81 bits per heavy atom. The molecule has 0 radical (unpaired) electrons. The van der Waals surface area contributed by atoms with E-state index in [0.29, 0.717) is 19.0 Å². The van der Waals surface area contributed by atoms with E-state index in [0.717, 1.165) is 50.7 Å². The van der Waals surface area contributed by atoms with Gasteiger partial charge in [0, 0.05) is 39.1 Å². The third kappa shape index (κ3) is 7.50. The molecule has 2 unspecified atom stereocenters. The van der Waals surface area contributed by atoms with Crippen molar-refractivity contribution in [3.8, 4) is 5.75 Å². The average molecular weight is 558 g/mol. The van der Waals surface area contributed by atoms with Crippen LogP contribution in [0.15, 0.2) is 29.3 Å². The largest absolute Gasteiger partial charge is 0.497 e. The number of carbonyl (C=O) groups excluding carboxylic acids is 1. The lowest BCUT2D eigenvalue weighted by Gasteiger charge is -2.33. The summed E-state index contributed by atoms with van der Waals surface area (Å²) in [4.78, 5) is 21.5. The summed E-state index contributed by atoms with van der Waals surface area (Å²) in [6, 6.07) is 9.00. The van der Waals surface area contributed by atoms with Crippen molar-refractivity contribution in [1.29, 1.82) is 0 Å². The van der Waals surface area contributed by atoms with Crippen molar-refractivity contribution >= 4 is 35.8 Å². The summed E-state index contributed by atoms with van der Waals surface area (Å²) in [5, 5.41) is 6.80. The van der Waals surface area contributed by atoms with Crippen LogP contribution in [0.2, 0.25) is 0 Å². The van der Waals surface area contributed by atoms with Crippen LogP contribution in [0.3, 0.4) is 0 Å². The molecular formula is C24H40IN5O2. The van der Waals surface area contributed by atoms with Gasteiger partial charge in [-0.1, -0.05) is 12.1 Å². The van der Waals surface area contributed by atoms with Crippen LogP contribution in [0.1, 0.15) is 57.1 Å². The molecule has 1 aromatic carbocycles. The molecule has 0 bridgehead atoms. The second-order valence-corrected chi connectivity index (χ2v) is 8.59. The van der Waals surface area contributed by atoms with Crippen molar-refractivity contribution in [3.63, 3.8) is 0 Å². The fraction of sp³-hybridized carbons (Fsp3) is 0.667. The second-order valence-electron chi connectivity index (χ2n) is 8.59. The molecule has 0 saturated carbocycles. The third-order valence-corrected chi connectivity index (χ3v) is 6.52. The highest BCUT2D eigenvalue weighted by atomic mass is 127. The van der Waals surface area contributed by atoms with Gasteiger partial charge in [0.15, 0.2) is 5.96 Å². The highest BCUT2D eigenvalue weighted by molar-refractivity contribution is 14.0. The van der Waals surface area contributed by atoms with Gasteiger partial charge in [-0.25, -0.2) is 0 Å². The van der Waals surface area contributed by atoms with Crippen LogP contribution < -0.4 is 15.4 Å². The summed E-state index contributed by atoms with van der Waals surface area (Å²) >= 11 is 0. The molecule has 2 aliphatic heterocycles. The Hall–Kier alpha value is -1.55. The van der Waals surface area contributed by atoms with Gasteiger partial charge in [0.1, 0.15) is 5.75 Å². The van der Waals surface area contributed by atoms with E-state index in [1.54, 1.807) is 14.2 Å². The molecule has 1 amide bonds. The van der Waals surface area contributed by atoms with E-state index >= 15 is 0 Å². The molecule has 2 atom stereocenters. The molecule has 1 aromatic rings. The molecule has 180 valence electrons. The first-order valence-electron chi connectivity index (χ1n) is 11.7. The smallest absolute Gasteiger partial charge is 0.224 e. The van der Waals surface area contributed by atoms with Crippen molar-refractivity contribution < 1.29 is 9.53 Å². The summed E-state index contributed by atoms with van der Waals surface area (Å²) in [7, 11) is 3.48. The molecule has 2 aliphatic rings. The van der Waals surface area contributed by atoms with Crippen LogP contribution in [-0.4, -0.2) is 74.6 Å². The predicted octanol–water partition coefficient (Wildman–Crippen LogP) is 3.41. The molecule has 7 nitrogen and oxygen atoms in total. The van der Waals surface area contributed by atoms with E-state index in [2.05, 4.69) is 39.6 Å². The Labute approximate surface area is 210 Å². The van der Waals surface area contributed by atoms with Gasteiger partial charge in [-0.15, -0.1) is 24.0 Å². The number of benzene rings is 1. The lowest BCUT2D eigenvalue weighted by molar-refractivity contribution is -0.134. The normalized spacial score (nSPS) is 20.4. The number of nitrogens with zero attached hydrogens (tertiary/aromatic N) is 3. The number of amides is 1. The molecule has 0 spiro atoms. The summed E-state index contributed by atoms with van der Waals surface area (Å²) in [5.74, 6) is 1.86. The first-order chi connectivity index (χ1) is 15.1. The number of hydrogen-bond acceptors (Lipinski definition) is 4. The molecule has 0 aromatic heterocycles. The molecule has 2 heterocycles. The summed E-state index contributed by atoms with van der Waals surface area (Å²) in [6.45, 7) is 6.65. The Morgan fingerprint density at radius 3 is 2.44 bits per heavy atom. The SMILES string of the molecule is CN=C(NCCC(=O)N1CCCCC1C)NCC(c1ccc(OC)cc1)N1CCCC1.I. The molecular weight excluding hydrogens is 517 g/mol. The molecule has 2 fully saturated rings. The fourth-order valence-corrected chi connectivity index (χ4v) is 4.65. The number of ether oxygens (including phenoxy) is 1. The molecule has 32 heavy (non-hydrogen) atoms. The molecule has 3 rings (SSSR count). The molecule has 0 aliphatic carbocycles. The van der Waals surface area contributed by atoms with Crippen molar-refractivity contribution in [3.05, 3.63) is 29.8 Å². The average Bonchev–Trinajstić information content (AvgIpc) is 3.33. The number of nitrogens with one attached hydrogen (secondary N) is 2. The van der Waals surface area contributed by atoms with Gasteiger partial charge in [0.25, 0.3) is 0 Å². The maximum Gasteiger partial charge on any atom is 0.224 e. The molecule has 2 saturated heterocycles. The van der Waals surface area contributed by atoms with Gasteiger partial charge in [0.2, 0.25) is 5.91 Å². The zero-order chi connectivity index (χ0) is 22.1. The van der Waals surface area contributed by atoms with E-state index in [1.165, 1.54) is 24.8 Å². The number of guanidine groups is 1. The Morgan fingerprint density at radius 1 is 1.12 bits per heavy atom. The zero-order valence-corrected chi connectivity index (χ0v) is 22.1. The van der Waals surface area contributed by atoms with Crippen molar-refractivity contribution in [2.75, 3.05) is 46.9 Å². The van der Waals surface area contributed by atoms with Crippen molar-refractivity contribution in [2.45, 2.75) is 57.5 Å². The standard InChI is InChI=1S/C24H39N5O2.HI/c1-19-8-4-5-17-29(19)23(30)13-14-26-24(25-2)27-18-22(28-15-6-7-16-28)20-9-11-21(31-3)12-10-20;/h9-12,19,22H,4-8,13-18H2,1-3H3,(H2,25,26,27);1H. The van der Waals surface area contributed by atoms with E-state index in [9.17, 15) is 4.79 Å². The third-order valence-electron chi connectivity index (χ3n) is 6.52. The number of piperidine rings is 1. The van der Waals surface area contributed by atoms with E-state index < -0.39 is 0 Å². The van der Waals surface area contributed by atoms with Crippen LogP contribution in [0.4, 0.5) is 0 Å². The number of aliphatic imine (C=N–C) groups is 1. The van der Waals surface area contributed by atoms with E-state index in [4.69, 9.17) is 4.74 Å². The van der Waals surface area contributed by atoms with E-state index in [-0.39, 0.29) is 35.9 Å². The van der Waals surface area contributed by atoms with Crippen LogP contribution in [0.5, 0.6) is 5.75 Å². The maximum absolute atomic E-state index is 12.6. The van der Waals surface area contributed by atoms with Crippen molar-refractivity contribution in [2.24, 2.45) is 4.99 Å². The van der Waals surface area contributed by atoms with Gasteiger partial charge in [0.05, 0.1) is 13.2 Å². The van der Waals surface area contributed by atoms with Crippen LogP contribution in [0, 0.1) is 0 Å². The van der Waals surface area contributed by atoms with Crippen LogP contribution in [-0.2, 0) is 4.79 Å². The molecule has 2 N–H and O–H groups in total. The Kier molecular flexibility index (Phi) is 11.6.